The van der Waals surface area contributed by atoms with Crippen LogP contribution in [0.5, 0.6) is 17.4 Å². The van der Waals surface area contributed by atoms with E-state index in [1.807, 2.05) is 49.4 Å². The Bertz CT molecular complexity index is 1420. The third kappa shape index (κ3) is 7.20. The van der Waals surface area contributed by atoms with Gasteiger partial charge < -0.3 is 19.3 Å². The number of hydrogen-bond acceptors (Lipinski definition) is 8. The first-order valence-electron chi connectivity index (χ1n) is 12.2. The lowest BCUT2D eigenvalue weighted by atomic mass is 9.97. The number of ether oxygens (including phenoxy) is 3. The van der Waals surface area contributed by atoms with E-state index in [2.05, 4.69) is 4.98 Å². The first-order valence-corrected chi connectivity index (χ1v) is 15.2. The number of aryl methyl sites for hydroxylation is 1. The number of carboxylic acids is 1. The van der Waals surface area contributed by atoms with Gasteiger partial charge in [-0.1, -0.05) is 18.2 Å². The number of fused-ring (bicyclic) bond motifs is 1. The van der Waals surface area contributed by atoms with Gasteiger partial charge in [-0.25, -0.2) is 13.4 Å². The topological polar surface area (TPSA) is 112 Å². The van der Waals surface area contributed by atoms with Crippen LogP contribution >= 0.6 is 11.8 Å². The van der Waals surface area contributed by atoms with Crippen LogP contribution in [0.1, 0.15) is 35.4 Å². The highest BCUT2D eigenvalue weighted by molar-refractivity contribution is 7.99. The predicted octanol–water partition coefficient (Wildman–Crippen LogP) is 5.12. The predicted molar refractivity (Wildman–Crippen MR) is 147 cm³/mol. The fourth-order valence-corrected chi connectivity index (χ4v) is 6.31. The van der Waals surface area contributed by atoms with Crippen LogP contribution in [0.3, 0.4) is 0 Å². The zero-order valence-corrected chi connectivity index (χ0v) is 23.2. The number of methoxy groups -OCH3 is 1. The maximum absolute atomic E-state index is 11.3. The molecule has 2 aromatic carbocycles. The standard InChI is InChI=1S/C28H31NO7S2/c1-18-10-22(35-8-5-9-38(3,32)33)13-24(34-2)28(18)20-7-4-6-19(11-20)16-36-26-14-25-23(15-29-26)21(17-37-25)12-27(30)31/h4,6-7,10-11,13-15,21H,5,8-9,12,16-17H2,1-3H3,(H,30,31)/t21-/m1/s1. The summed E-state index contributed by atoms with van der Waals surface area (Å²) in [5.74, 6) is 1.79. The SMILES string of the molecule is COc1cc(OCCCS(C)(=O)=O)cc(C)c1-c1cccc(COc2cc3c(cn2)[C@H](CC(=O)O)CS3)c1. The summed E-state index contributed by atoms with van der Waals surface area (Å²) in [6.45, 7) is 2.61. The van der Waals surface area contributed by atoms with Gasteiger partial charge in [-0.3, -0.25) is 4.79 Å². The summed E-state index contributed by atoms with van der Waals surface area (Å²) in [6.07, 6.45) is 3.47. The van der Waals surface area contributed by atoms with Crippen molar-refractivity contribution in [1.29, 1.82) is 0 Å². The molecule has 10 heteroatoms. The normalized spacial score (nSPS) is 14.7. The second-order valence-electron chi connectivity index (χ2n) is 9.30. The Balaban J connectivity index is 1.45. The van der Waals surface area contributed by atoms with Gasteiger partial charge in [0.05, 0.1) is 25.9 Å². The molecule has 4 rings (SSSR count). The molecule has 1 aliphatic rings. The molecule has 1 N–H and O–H groups in total. The van der Waals surface area contributed by atoms with Crippen molar-refractivity contribution < 1.29 is 32.5 Å². The van der Waals surface area contributed by atoms with Crippen LogP contribution in [0.2, 0.25) is 0 Å². The third-order valence-corrected chi connectivity index (χ3v) is 8.46. The van der Waals surface area contributed by atoms with E-state index in [9.17, 15) is 13.2 Å². The minimum Gasteiger partial charge on any atom is -0.496 e. The van der Waals surface area contributed by atoms with Gasteiger partial charge in [0, 0.05) is 46.7 Å². The summed E-state index contributed by atoms with van der Waals surface area (Å²) in [6, 6.07) is 13.6. The van der Waals surface area contributed by atoms with Crippen molar-refractivity contribution in [3.8, 4) is 28.5 Å². The van der Waals surface area contributed by atoms with Crippen molar-refractivity contribution in [1.82, 2.24) is 4.98 Å². The van der Waals surface area contributed by atoms with Gasteiger partial charge in [-0.15, -0.1) is 11.8 Å². The maximum atomic E-state index is 11.3. The Morgan fingerprint density at radius 1 is 1.18 bits per heavy atom. The third-order valence-electron chi connectivity index (χ3n) is 6.19. The van der Waals surface area contributed by atoms with E-state index in [0.29, 0.717) is 37.0 Å². The number of rotatable bonds is 12. The average molecular weight is 558 g/mol. The van der Waals surface area contributed by atoms with Crippen LogP contribution in [0.4, 0.5) is 0 Å². The fraction of sp³-hybridized carbons (Fsp3) is 0.357. The highest BCUT2D eigenvalue weighted by Crippen LogP contribution is 2.42. The lowest BCUT2D eigenvalue weighted by Gasteiger charge is -2.16. The Morgan fingerprint density at radius 2 is 2.00 bits per heavy atom. The molecule has 0 saturated carbocycles. The van der Waals surface area contributed by atoms with Crippen LogP contribution in [0.25, 0.3) is 11.1 Å². The molecule has 1 aromatic heterocycles. The highest BCUT2D eigenvalue weighted by Gasteiger charge is 2.26. The van der Waals surface area contributed by atoms with Gasteiger partial charge in [0.1, 0.15) is 27.9 Å². The smallest absolute Gasteiger partial charge is 0.303 e. The molecule has 0 radical (unpaired) electrons. The Morgan fingerprint density at radius 3 is 2.74 bits per heavy atom. The Labute approximate surface area is 227 Å². The Kier molecular flexibility index (Phi) is 8.83. The number of aromatic nitrogens is 1. The molecule has 0 amide bonds. The summed E-state index contributed by atoms with van der Waals surface area (Å²) < 4.78 is 40.1. The number of carbonyl (C=O) groups is 1. The van der Waals surface area contributed by atoms with Crippen LogP contribution in [-0.2, 0) is 21.2 Å². The van der Waals surface area contributed by atoms with Gasteiger partial charge in [0.15, 0.2) is 0 Å². The second kappa shape index (κ2) is 12.1. The zero-order valence-electron chi connectivity index (χ0n) is 21.6. The molecule has 0 aliphatic carbocycles. The van der Waals surface area contributed by atoms with Gasteiger partial charge >= 0.3 is 5.97 Å². The molecule has 202 valence electrons. The molecule has 38 heavy (non-hydrogen) atoms. The number of aliphatic carboxylic acids is 1. The van der Waals surface area contributed by atoms with E-state index in [1.54, 1.807) is 25.1 Å². The molecule has 3 aromatic rings. The quantitative estimate of drug-likeness (QED) is 0.303. The summed E-state index contributed by atoms with van der Waals surface area (Å²) >= 11 is 1.63. The molecule has 0 unspecified atom stereocenters. The van der Waals surface area contributed by atoms with Crippen molar-refractivity contribution >= 4 is 27.6 Å². The summed E-state index contributed by atoms with van der Waals surface area (Å²) in [7, 11) is -1.41. The number of benzene rings is 2. The summed E-state index contributed by atoms with van der Waals surface area (Å²) in [5, 5.41) is 9.11. The number of pyridine rings is 1. The lowest BCUT2D eigenvalue weighted by molar-refractivity contribution is -0.137. The monoisotopic (exact) mass is 557 g/mol. The molecule has 8 nitrogen and oxygen atoms in total. The van der Waals surface area contributed by atoms with Crippen molar-refractivity contribution in [2.45, 2.75) is 37.2 Å². The largest absolute Gasteiger partial charge is 0.496 e. The van der Waals surface area contributed by atoms with Crippen LogP contribution in [0, 0.1) is 6.92 Å². The molecule has 0 bridgehead atoms. The average Bonchev–Trinajstić information content (AvgIpc) is 3.25. The second-order valence-corrected chi connectivity index (χ2v) is 12.6. The molecule has 0 fully saturated rings. The molecular weight excluding hydrogens is 526 g/mol. The number of hydrogen-bond donors (Lipinski definition) is 1. The van der Waals surface area contributed by atoms with Crippen molar-refractivity contribution in [2.75, 3.05) is 31.5 Å². The maximum Gasteiger partial charge on any atom is 0.303 e. The lowest BCUT2D eigenvalue weighted by Crippen LogP contribution is -2.08. The fourth-order valence-electron chi connectivity index (χ4n) is 4.42. The zero-order chi connectivity index (χ0) is 27.3. The van der Waals surface area contributed by atoms with Gasteiger partial charge in [-0.2, -0.15) is 0 Å². The molecule has 2 heterocycles. The van der Waals surface area contributed by atoms with Crippen molar-refractivity contribution in [2.24, 2.45) is 0 Å². The molecule has 1 aliphatic heterocycles. The van der Waals surface area contributed by atoms with E-state index >= 15 is 0 Å². The van der Waals surface area contributed by atoms with E-state index in [1.165, 1.54) is 6.26 Å². The first kappa shape index (κ1) is 27.8. The van der Waals surface area contributed by atoms with E-state index in [4.69, 9.17) is 19.3 Å². The number of sulfone groups is 1. The summed E-state index contributed by atoms with van der Waals surface area (Å²) in [4.78, 5) is 16.5. The van der Waals surface area contributed by atoms with E-state index < -0.39 is 15.8 Å². The molecular formula is C28H31NO7S2. The summed E-state index contributed by atoms with van der Waals surface area (Å²) in [5.41, 5.74) is 4.81. The molecule has 0 spiro atoms. The number of carboxylic acid groups (broad SMARTS) is 1. The van der Waals surface area contributed by atoms with E-state index in [0.717, 1.165) is 38.5 Å². The molecule has 0 saturated heterocycles. The molecule has 1 atom stereocenters. The number of thioether (sulfide) groups is 1. The van der Waals surface area contributed by atoms with Gasteiger partial charge in [-0.05, 0) is 47.7 Å². The minimum atomic E-state index is -3.02. The minimum absolute atomic E-state index is 0.0202. The van der Waals surface area contributed by atoms with Crippen molar-refractivity contribution in [3.63, 3.8) is 0 Å². The van der Waals surface area contributed by atoms with Crippen LogP contribution < -0.4 is 14.2 Å². The van der Waals surface area contributed by atoms with Crippen molar-refractivity contribution in [3.05, 3.63) is 65.4 Å². The van der Waals surface area contributed by atoms with Crippen LogP contribution in [0.15, 0.2) is 53.6 Å². The highest BCUT2D eigenvalue weighted by atomic mass is 32.2. The Hall–Kier alpha value is -3.24. The van der Waals surface area contributed by atoms with E-state index in [-0.39, 0.29) is 18.1 Å². The van der Waals surface area contributed by atoms with Crippen LogP contribution in [-0.4, -0.2) is 56.0 Å². The van der Waals surface area contributed by atoms with Gasteiger partial charge in [0.2, 0.25) is 5.88 Å². The van der Waals surface area contributed by atoms with Gasteiger partial charge in [0.25, 0.3) is 0 Å². The number of nitrogens with zero attached hydrogens (tertiary/aromatic N) is 1. The first-order chi connectivity index (χ1) is 18.1.